The molecule has 0 bridgehead atoms. The molecule has 1 heterocycles. The number of carbonyl (C=O) groups is 1. The fourth-order valence-electron chi connectivity index (χ4n) is 3.23. The first-order valence-corrected chi connectivity index (χ1v) is 10.5. The number of likely N-dealkylation sites (tertiary alicyclic amines) is 1. The Kier molecular flexibility index (Phi) is 8.61. The molecule has 2 rings (SSSR count). The summed E-state index contributed by atoms with van der Waals surface area (Å²) in [5.74, 6) is 2.00. The molecule has 0 aliphatic carbocycles. The van der Waals surface area contributed by atoms with Crippen molar-refractivity contribution in [1.82, 2.24) is 15.5 Å². The van der Waals surface area contributed by atoms with E-state index in [0.717, 1.165) is 44.2 Å². The number of guanidine groups is 1. The lowest BCUT2D eigenvalue weighted by Gasteiger charge is -2.34. The third-order valence-electron chi connectivity index (χ3n) is 4.85. The zero-order chi connectivity index (χ0) is 20.5. The van der Waals surface area contributed by atoms with Crippen LogP contribution in [0.5, 0.6) is 5.75 Å². The molecule has 0 radical (unpaired) electrons. The summed E-state index contributed by atoms with van der Waals surface area (Å²) in [6.07, 6.45) is 1.88. The van der Waals surface area contributed by atoms with Crippen molar-refractivity contribution in [3.63, 3.8) is 0 Å². The van der Waals surface area contributed by atoms with E-state index in [1.54, 1.807) is 0 Å². The number of ether oxygens (including phenoxy) is 1. The van der Waals surface area contributed by atoms with Gasteiger partial charge in [0.25, 0.3) is 0 Å². The zero-order valence-corrected chi connectivity index (χ0v) is 18.0. The highest BCUT2D eigenvalue weighted by molar-refractivity contribution is 5.80. The van der Waals surface area contributed by atoms with Crippen LogP contribution in [0.2, 0.25) is 0 Å². The minimum absolute atomic E-state index is 0.0105. The smallest absolute Gasteiger partial charge is 0.225 e. The van der Waals surface area contributed by atoms with Crippen molar-refractivity contribution in [2.24, 2.45) is 10.9 Å². The first-order chi connectivity index (χ1) is 13.4. The summed E-state index contributed by atoms with van der Waals surface area (Å²) in [6, 6.07) is 8.42. The fraction of sp³-hybridized carbons (Fsp3) is 0.636. The Labute approximate surface area is 169 Å². The molecule has 1 fully saturated rings. The largest absolute Gasteiger partial charge is 0.489 e. The minimum Gasteiger partial charge on any atom is -0.489 e. The molecule has 156 valence electrons. The molecule has 1 unspecified atom stereocenters. The number of rotatable bonds is 7. The lowest BCUT2D eigenvalue weighted by molar-refractivity contribution is -0.135. The molecule has 1 aliphatic heterocycles. The third-order valence-corrected chi connectivity index (χ3v) is 4.85. The number of nitrogens with zero attached hydrogens (tertiary/aromatic N) is 2. The Balaban J connectivity index is 1.83. The van der Waals surface area contributed by atoms with Crippen LogP contribution >= 0.6 is 0 Å². The maximum absolute atomic E-state index is 12.1. The maximum atomic E-state index is 12.1. The van der Waals surface area contributed by atoms with Crippen molar-refractivity contribution in [1.29, 1.82) is 0 Å². The molecule has 1 aromatic rings. The molecule has 1 saturated heterocycles. The molecule has 1 amide bonds. The molecule has 1 atom stereocenters. The number of carbonyl (C=O) groups excluding carboxylic acids is 1. The summed E-state index contributed by atoms with van der Waals surface area (Å²) < 4.78 is 5.94. The van der Waals surface area contributed by atoms with Gasteiger partial charge in [0.15, 0.2) is 5.96 Å². The Hall–Kier alpha value is -2.24. The van der Waals surface area contributed by atoms with Crippen LogP contribution in [0.25, 0.3) is 0 Å². The van der Waals surface area contributed by atoms with Crippen LogP contribution in [0.1, 0.15) is 46.1 Å². The Morgan fingerprint density at radius 1 is 1.21 bits per heavy atom. The average Bonchev–Trinajstić information content (AvgIpc) is 2.68. The van der Waals surface area contributed by atoms with Gasteiger partial charge in [-0.3, -0.25) is 4.79 Å². The summed E-state index contributed by atoms with van der Waals surface area (Å²) >= 11 is 0. The molecule has 6 heteroatoms. The normalized spacial score (nSPS) is 16.8. The minimum atomic E-state index is -0.0105. The number of piperidine rings is 1. The third kappa shape index (κ3) is 7.06. The second-order valence-corrected chi connectivity index (χ2v) is 7.86. The quantitative estimate of drug-likeness (QED) is 0.557. The predicted octanol–water partition coefficient (Wildman–Crippen LogP) is 2.96. The van der Waals surface area contributed by atoms with Gasteiger partial charge in [0.1, 0.15) is 11.9 Å². The molecule has 2 N–H and O–H groups in total. The molecule has 1 aliphatic rings. The number of hydrogen-bond acceptors (Lipinski definition) is 3. The van der Waals surface area contributed by atoms with Crippen molar-refractivity contribution >= 4 is 11.9 Å². The van der Waals surface area contributed by atoms with Crippen molar-refractivity contribution in [2.45, 2.75) is 59.6 Å². The van der Waals surface area contributed by atoms with Crippen molar-refractivity contribution in [2.75, 3.05) is 26.2 Å². The standard InChI is InChI=1S/C22H36N4O2/c1-6-23-22(24-15-18(5)28-20-9-7-17(4)8-10-20)25-19-11-13-26(14-12-19)21(27)16(2)3/h7-10,16,18-19H,6,11-15H2,1-5H3,(H2,23,24,25). The number of aliphatic imine (C=N–C) groups is 1. The Bertz CT molecular complexity index is 634. The van der Waals surface area contributed by atoms with Crippen molar-refractivity contribution in [3.05, 3.63) is 29.8 Å². The molecule has 1 aromatic carbocycles. The number of aryl methyl sites for hydroxylation is 1. The van der Waals surface area contributed by atoms with Gasteiger partial charge in [0.2, 0.25) is 5.91 Å². The molecule has 28 heavy (non-hydrogen) atoms. The average molecular weight is 389 g/mol. The zero-order valence-electron chi connectivity index (χ0n) is 18.0. The maximum Gasteiger partial charge on any atom is 0.225 e. The van der Waals surface area contributed by atoms with Crippen LogP contribution in [0.4, 0.5) is 0 Å². The summed E-state index contributed by atoms with van der Waals surface area (Å²) in [4.78, 5) is 18.8. The first-order valence-electron chi connectivity index (χ1n) is 10.5. The van der Waals surface area contributed by atoms with Gasteiger partial charge in [0, 0.05) is 31.6 Å². The van der Waals surface area contributed by atoms with E-state index in [1.807, 2.05) is 49.9 Å². The van der Waals surface area contributed by atoms with E-state index in [0.29, 0.717) is 12.6 Å². The van der Waals surface area contributed by atoms with Gasteiger partial charge in [-0.1, -0.05) is 31.5 Å². The molecule has 0 spiro atoms. The monoisotopic (exact) mass is 388 g/mol. The van der Waals surface area contributed by atoms with Crippen LogP contribution < -0.4 is 15.4 Å². The van der Waals surface area contributed by atoms with Gasteiger partial charge in [-0.2, -0.15) is 0 Å². The van der Waals surface area contributed by atoms with Crippen LogP contribution in [0, 0.1) is 12.8 Å². The van der Waals surface area contributed by atoms with E-state index in [2.05, 4.69) is 24.5 Å². The number of amides is 1. The molecular formula is C22H36N4O2. The van der Waals surface area contributed by atoms with Gasteiger partial charge in [-0.05, 0) is 45.7 Å². The van der Waals surface area contributed by atoms with Gasteiger partial charge in [-0.15, -0.1) is 0 Å². The molecule has 0 saturated carbocycles. The SMILES string of the molecule is CCNC(=NCC(C)Oc1ccc(C)cc1)NC1CCN(C(=O)C(C)C)CC1. The second kappa shape index (κ2) is 10.9. The van der Waals surface area contributed by atoms with E-state index in [-0.39, 0.29) is 17.9 Å². The van der Waals surface area contributed by atoms with E-state index in [9.17, 15) is 4.79 Å². The number of nitrogens with one attached hydrogen (secondary N) is 2. The van der Waals surface area contributed by atoms with Gasteiger partial charge >= 0.3 is 0 Å². The van der Waals surface area contributed by atoms with Crippen LogP contribution in [-0.2, 0) is 4.79 Å². The summed E-state index contributed by atoms with van der Waals surface area (Å²) in [6.45, 7) is 13.1. The van der Waals surface area contributed by atoms with Crippen molar-refractivity contribution < 1.29 is 9.53 Å². The van der Waals surface area contributed by atoms with E-state index < -0.39 is 0 Å². The van der Waals surface area contributed by atoms with E-state index >= 15 is 0 Å². The highest BCUT2D eigenvalue weighted by Crippen LogP contribution is 2.14. The highest BCUT2D eigenvalue weighted by atomic mass is 16.5. The predicted molar refractivity (Wildman–Crippen MR) is 115 cm³/mol. The fourth-order valence-corrected chi connectivity index (χ4v) is 3.23. The van der Waals surface area contributed by atoms with E-state index in [4.69, 9.17) is 9.73 Å². The molecule has 6 nitrogen and oxygen atoms in total. The van der Waals surface area contributed by atoms with Crippen LogP contribution in [0.3, 0.4) is 0 Å². The second-order valence-electron chi connectivity index (χ2n) is 7.86. The van der Waals surface area contributed by atoms with Gasteiger partial charge in [-0.25, -0.2) is 4.99 Å². The molecular weight excluding hydrogens is 352 g/mol. The van der Waals surface area contributed by atoms with Gasteiger partial charge in [0.05, 0.1) is 6.54 Å². The number of hydrogen-bond donors (Lipinski definition) is 2. The van der Waals surface area contributed by atoms with Crippen LogP contribution in [-0.4, -0.2) is 55.1 Å². The summed E-state index contributed by atoms with van der Waals surface area (Å²) in [5.41, 5.74) is 1.22. The first kappa shape index (κ1) is 22.1. The lowest BCUT2D eigenvalue weighted by Crippen LogP contribution is -2.50. The van der Waals surface area contributed by atoms with Crippen molar-refractivity contribution in [3.8, 4) is 5.75 Å². The summed E-state index contributed by atoms with van der Waals surface area (Å²) in [5, 5.41) is 6.83. The highest BCUT2D eigenvalue weighted by Gasteiger charge is 2.24. The Morgan fingerprint density at radius 3 is 2.43 bits per heavy atom. The van der Waals surface area contributed by atoms with Gasteiger partial charge < -0.3 is 20.3 Å². The lowest BCUT2D eigenvalue weighted by atomic mass is 10.0. The van der Waals surface area contributed by atoms with Crippen LogP contribution in [0.15, 0.2) is 29.3 Å². The molecule has 0 aromatic heterocycles. The topological polar surface area (TPSA) is 66.0 Å². The van der Waals surface area contributed by atoms with E-state index in [1.165, 1.54) is 5.56 Å². The Morgan fingerprint density at radius 2 is 1.86 bits per heavy atom. The number of benzene rings is 1. The summed E-state index contributed by atoms with van der Waals surface area (Å²) in [7, 11) is 0.